The van der Waals surface area contributed by atoms with Crippen molar-refractivity contribution in [1.82, 2.24) is 4.98 Å². The van der Waals surface area contributed by atoms with Crippen LogP contribution in [0.15, 0.2) is 12.3 Å². The summed E-state index contributed by atoms with van der Waals surface area (Å²) in [4.78, 5) is 18.2. The topological polar surface area (TPSA) is 51.7 Å². The Labute approximate surface area is 132 Å². The summed E-state index contributed by atoms with van der Waals surface area (Å²) in [5.74, 6) is 0.592. The Morgan fingerprint density at radius 1 is 1.50 bits per heavy atom. The van der Waals surface area contributed by atoms with Crippen molar-refractivity contribution < 1.29 is 14.3 Å². The smallest absolute Gasteiger partial charge is 0.309 e. The summed E-state index contributed by atoms with van der Waals surface area (Å²) in [5, 5.41) is 0. The molecule has 5 nitrogen and oxygen atoms in total. The monoisotopic (exact) mass is 390 g/mol. The number of piperidine rings is 1. The maximum Gasteiger partial charge on any atom is 0.309 e. The molecule has 1 aromatic heterocycles. The van der Waals surface area contributed by atoms with Crippen LogP contribution in [0.5, 0.6) is 5.88 Å². The molecule has 2 heterocycles. The van der Waals surface area contributed by atoms with E-state index in [1.165, 1.54) is 0 Å². The standard InChI is InChI=1S/C14H19IN2O3/c1-3-20-14(18)10-4-6-17(7-5-10)12-8-13(19-2)16-9-11(12)15/h8-10H,3-7H2,1-2H3. The highest BCUT2D eigenvalue weighted by Crippen LogP contribution is 2.29. The van der Waals surface area contributed by atoms with E-state index in [0.29, 0.717) is 12.5 Å². The van der Waals surface area contributed by atoms with Crippen LogP contribution < -0.4 is 9.64 Å². The number of anilines is 1. The second kappa shape index (κ2) is 7.10. The van der Waals surface area contributed by atoms with Gasteiger partial charge in [0.25, 0.3) is 0 Å². The largest absolute Gasteiger partial charge is 0.481 e. The number of esters is 1. The summed E-state index contributed by atoms with van der Waals surface area (Å²) in [6.45, 7) is 4.01. The van der Waals surface area contributed by atoms with E-state index < -0.39 is 0 Å². The minimum absolute atomic E-state index is 0.0348. The SMILES string of the molecule is CCOC(=O)C1CCN(c2cc(OC)ncc2I)CC1. The number of ether oxygens (including phenoxy) is 2. The summed E-state index contributed by atoms with van der Waals surface area (Å²) in [6, 6.07) is 1.95. The van der Waals surface area contributed by atoms with E-state index in [1.54, 1.807) is 7.11 Å². The maximum absolute atomic E-state index is 11.7. The van der Waals surface area contributed by atoms with Gasteiger partial charge in [0.1, 0.15) is 0 Å². The number of halogens is 1. The van der Waals surface area contributed by atoms with Crippen molar-refractivity contribution in [1.29, 1.82) is 0 Å². The fourth-order valence-electron chi connectivity index (χ4n) is 2.38. The number of carbonyl (C=O) groups is 1. The van der Waals surface area contributed by atoms with Gasteiger partial charge < -0.3 is 14.4 Å². The first kappa shape index (κ1) is 15.3. The van der Waals surface area contributed by atoms with Crippen molar-refractivity contribution in [3.8, 4) is 5.88 Å². The van der Waals surface area contributed by atoms with E-state index in [1.807, 2.05) is 19.2 Å². The van der Waals surface area contributed by atoms with Crippen molar-refractivity contribution in [3.63, 3.8) is 0 Å². The molecule has 0 aliphatic carbocycles. The molecule has 6 heteroatoms. The Balaban J connectivity index is 2.02. The fraction of sp³-hybridized carbons (Fsp3) is 0.571. The normalized spacial score (nSPS) is 16.1. The summed E-state index contributed by atoms with van der Waals surface area (Å²) < 4.78 is 11.4. The molecule has 1 aliphatic rings. The highest BCUT2D eigenvalue weighted by molar-refractivity contribution is 14.1. The Hall–Kier alpha value is -1.05. The van der Waals surface area contributed by atoms with Crippen LogP contribution >= 0.6 is 22.6 Å². The highest BCUT2D eigenvalue weighted by atomic mass is 127. The van der Waals surface area contributed by atoms with Gasteiger partial charge in [0.15, 0.2) is 0 Å². The predicted molar refractivity (Wildman–Crippen MR) is 85.1 cm³/mol. The third-order valence-electron chi connectivity index (χ3n) is 3.47. The van der Waals surface area contributed by atoms with Gasteiger partial charge in [-0.05, 0) is 42.4 Å². The van der Waals surface area contributed by atoms with E-state index in [-0.39, 0.29) is 11.9 Å². The average Bonchev–Trinajstić information content (AvgIpc) is 2.48. The first-order valence-electron chi connectivity index (χ1n) is 6.76. The summed E-state index contributed by atoms with van der Waals surface area (Å²) >= 11 is 2.28. The number of hydrogen-bond acceptors (Lipinski definition) is 5. The fourth-order valence-corrected chi connectivity index (χ4v) is 3.02. The van der Waals surface area contributed by atoms with Gasteiger partial charge in [-0.3, -0.25) is 4.79 Å². The molecule has 0 N–H and O–H groups in total. The molecule has 1 aromatic rings. The van der Waals surface area contributed by atoms with Crippen LogP contribution in [-0.4, -0.2) is 37.8 Å². The number of rotatable bonds is 4. The van der Waals surface area contributed by atoms with Gasteiger partial charge in [-0.2, -0.15) is 0 Å². The molecule has 0 atom stereocenters. The van der Waals surface area contributed by atoms with Gasteiger partial charge in [0, 0.05) is 25.4 Å². The molecule has 1 aliphatic heterocycles. The number of aromatic nitrogens is 1. The van der Waals surface area contributed by atoms with Crippen LogP contribution in [0.3, 0.4) is 0 Å². The number of methoxy groups -OCH3 is 1. The molecule has 1 fully saturated rings. The molecule has 0 aromatic carbocycles. The van der Waals surface area contributed by atoms with E-state index in [2.05, 4.69) is 32.5 Å². The summed E-state index contributed by atoms with van der Waals surface area (Å²) in [6.07, 6.45) is 3.48. The third-order valence-corrected chi connectivity index (χ3v) is 4.31. The molecule has 0 saturated carbocycles. The number of carbonyl (C=O) groups excluding carboxylic acids is 1. The molecule has 0 bridgehead atoms. The lowest BCUT2D eigenvalue weighted by atomic mass is 9.97. The molecular formula is C14H19IN2O3. The summed E-state index contributed by atoms with van der Waals surface area (Å²) in [7, 11) is 1.62. The van der Waals surface area contributed by atoms with Crippen LogP contribution in [0.1, 0.15) is 19.8 Å². The lowest BCUT2D eigenvalue weighted by Crippen LogP contribution is -2.37. The Morgan fingerprint density at radius 2 is 2.20 bits per heavy atom. The van der Waals surface area contributed by atoms with Gasteiger partial charge in [-0.15, -0.1) is 0 Å². The summed E-state index contributed by atoms with van der Waals surface area (Å²) in [5.41, 5.74) is 1.12. The lowest BCUT2D eigenvalue weighted by molar-refractivity contribution is -0.148. The van der Waals surface area contributed by atoms with Crippen LogP contribution in [-0.2, 0) is 9.53 Å². The van der Waals surface area contributed by atoms with E-state index >= 15 is 0 Å². The Bertz CT molecular complexity index is 473. The first-order chi connectivity index (χ1) is 9.65. The molecule has 1 saturated heterocycles. The molecule has 110 valence electrons. The molecule has 0 unspecified atom stereocenters. The van der Waals surface area contributed by atoms with Gasteiger partial charge in [-0.1, -0.05) is 0 Å². The quantitative estimate of drug-likeness (QED) is 0.584. The van der Waals surface area contributed by atoms with Crippen molar-refractivity contribution in [3.05, 3.63) is 15.8 Å². The number of nitrogens with zero attached hydrogens (tertiary/aromatic N) is 2. The van der Waals surface area contributed by atoms with Gasteiger partial charge >= 0.3 is 5.97 Å². The van der Waals surface area contributed by atoms with Crippen molar-refractivity contribution in [2.75, 3.05) is 31.7 Å². The predicted octanol–water partition coefficient (Wildman–Crippen LogP) is 2.47. The number of hydrogen-bond donors (Lipinski definition) is 0. The first-order valence-corrected chi connectivity index (χ1v) is 7.84. The van der Waals surface area contributed by atoms with Crippen LogP contribution in [0.2, 0.25) is 0 Å². The zero-order chi connectivity index (χ0) is 14.5. The zero-order valence-corrected chi connectivity index (χ0v) is 13.9. The molecule has 0 radical (unpaired) electrons. The van der Waals surface area contributed by atoms with Gasteiger partial charge in [0.05, 0.1) is 28.9 Å². The van der Waals surface area contributed by atoms with E-state index in [4.69, 9.17) is 9.47 Å². The zero-order valence-electron chi connectivity index (χ0n) is 11.8. The van der Waals surface area contributed by atoms with Crippen LogP contribution in [0, 0.1) is 9.49 Å². The molecule has 20 heavy (non-hydrogen) atoms. The molecule has 0 amide bonds. The Morgan fingerprint density at radius 3 is 2.80 bits per heavy atom. The number of pyridine rings is 1. The molecular weight excluding hydrogens is 371 g/mol. The highest BCUT2D eigenvalue weighted by Gasteiger charge is 2.27. The van der Waals surface area contributed by atoms with Gasteiger partial charge in [-0.25, -0.2) is 4.98 Å². The van der Waals surface area contributed by atoms with Crippen molar-refractivity contribution in [2.45, 2.75) is 19.8 Å². The van der Waals surface area contributed by atoms with Crippen LogP contribution in [0.4, 0.5) is 5.69 Å². The average molecular weight is 390 g/mol. The minimum Gasteiger partial charge on any atom is -0.481 e. The second-order valence-electron chi connectivity index (χ2n) is 4.69. The van der Waals surface area contributed by atoms with Gasteiger partial charge in [0.2, 0.25) is 5.88 Å². The van der Waals surface area contributed by atoms with Crippen LogP contribution in [0.25, 0.3) is 0 Å². The minimum atomic E-state index is -0.0610. The second-order valence-corrected chi connectivity index (χ2v) is 5.85. The lowest BCUT2D eigenvalue weighted by Gasteiger charge is -2.33. The van der Waals surface area contributed by atoms with Crippen molar-refractivity contribution in [2.24, 2.45) is 5.92 Å². The van der Waals surface area contributed by atoms with E-state index in [0.717, 1.165) is 35.2 Å². The maximum atomic E-state index is 11.7. The molecule has 2 rings (SSSR count). The van der Waals surface area contributed by atoms with Crippen molar-refractivity contribution >= 4 is 34.2 Å². The Kier molecular flexibility index (Phi) is 5.45. The molecule has 0 spiro atoms. The van der Waals surface area contributed by atoms with E-state index in [9.17, 15) is 4.79 Å². The third kappa shape index (κ3) is 3.53.